The Morgan fingerprint density at radius 1 is 1.09 bits per heavy atom. The fourth-order valence-electron chi connectivity index (χ4n) is 5.28. The second kappa shape index (κ2) is 10.3. The van der Waals surface area contributed by atoms with Crippen LogP contribution in [0.2, 0.25) is 0 Å². The maximum absolute atomic E-state index is 9.95. The van der Waals surface area contributed by atoms with E-state index >= 15 is 0 Å². The van der Waals surface area contributed by atoms with Gasteiger partial charge in [0.1, 0.15) is 0 Å². The number of hydrogen-bond acceptors (Lipinski definition) is 6. The van der Waals surface area contributed by atoms with Crippen LogP contribution in [0.15, 0.2) is 30.1 Å². The zero-order valence-electron chi connectivity index (χ0n) is 19.7. The van der Waals surface area contributed by atoms with E-state index in [0.717, 1.165) is 89.1 Å². The van der Waals surface area contributed by atoms with Crippen LogP contribution in [0.5, 0.6) is 0 Å². The average Bonchev–Trinajstić information content (AvgIpc) is 3.25. The number of fused-ring (bicyclic) bond motifs is 1. The van der Waals surface area contributed by atoms with Crippen LogP contribution >= 0.6 is 0 Å². The number of allylic oxidation sites excluding steroid dienone is 1. The fraction of sp³-hybridized carbons (Fsp3) is 0.556. The summed E-state index contributed by atoms with van der Waals surface area (Å²) < 4.78 is 5.47. The SMILES string of the molecule is CCCC1=Cc2c(ncc(-c3ccc(CN4CCOCC4)cn3)c2NC2CCC(O)CC2)C1. The van der Waals surface area contributed by atoms with Gasteiger partial charge in [-0.1, -0.05) is 31.1 Å². The summed E-state index contributed by atoms with van der Waals surface area (Å²) in [7, 11) is 0. The summed E-state index contributed by atoms with van der Waals surface area (Å²) >= 11 is 0. The molecular weight excluding hydrogens is 412 g/mol. The fourth-order valence-corrected chi connectivity index (χ4v) is 5.28. The van der Waals surface area contributed by atoms with E-state index in [1.54, 1.807) is 0 Å². The third-order valence-electron chi connectivity index (χ3n) is 7.17. The normalized spacial score (nSPS) is 23.3. The Hall–Kier alpha value is -2.28. The number of aromatic nitrogens is 2. The summed E-state index contributed by atoms with van der Waals surface area (Å²) in [5.41, 5.74) is 8.31. The molecular formula is C27H36N4O2. The number of nitrogens with one attached hydrogen (secondary N) is 1. The lowest BCUT2D eigenvalue weighted by Gasteiger charge is -2.29. The number of rotatable bonds is 7. The van der Waals surface area contributed by atoms with E-state index in [1.165, 1.54) is 28.1 Å². The van der Waals surface area contributed by atoms with Gasteiger partial charge in [0, 0.05) is 55.6 Å². The number of hydrogen-bond donors (Lipinski definition) is 2. The highest BCUT2D eigenvalue weighted by atomic mass is 16.5. The van der Waals surface area contributed by atoms with Crippen molar-refractivity contribution in [1.82, 2.24) is 14.9 Å². The first kappa shape index (κ1) is 22.5. The summed E-state index contributed by atoms with van der Waals surface area (Å²) in [6.07, 6.45) is 13.2. The van der Waals surface area contributed by atoms with Crippen LogP contribution in [-0.4, -0.2) is 58.4 Å². The highest BCUT2D eigenvalue weighted by Gasteiger charge is 2.25. The molecule has 2 aromatic heterocycles. The molecule has 1 saturated carbocycles. The quantitative estimate of drug-likeness (QED) is 0.653. The molecule has 2 aliphatic carbocycles. The maximum atomic E-state index is 9.95. The number of aliphatic hydroxyl groups excluding tert-OH is 1. The van der Waals surface area contributed by atoms with Gasteiger partial charge in [0.2, 0.25) is 0 Å². The van der Waals surface area contributed by atoms with Crippen LogP contribution in [0.4, 0.5) is 5.69 Å². The van der Waals surface area contributed by atoms with Crippen LogP contribution in [0.25, 0.3) is 17.3 Å². The number of anilines is 1. The highest BCUT2D eigenvalue weighted by Crippen LogP contribution is 2.39. The molecule has 3 aliphatic rings. The first-order chi connectivity index (χ1) is 16.2. The Morgan fingerprint density at radius 3 is 2.64 bits per heavy atom. The molecule has 6 heteroatoms. The van der Waals surface area contributed by atoms with Gasteiger partial charge in [-0.05, 0) is 43.7 Å². The molecule has 2 N–H and O–H groups in total. The van der Waals surface area contributed by atoms with E-state index < -0.39 is 0 Å². The minimum Gasteiger partial charge on any atom is -0.393 e. The van der Waals surface area contributed by atoms with Crippen LogP contribution < -0.4 is 5.32 Å². The highest BCUT2D eigenvalue weighted by molar-refractivity contribution is 5.86. The molecule has 1 saturated heterocycles. The van der Waals surface area contributed by atoms with Crippen molar-refractivity contribution >= 4 is 11.8 Å². The zero-order chi connectivity index (χ0) is 22.6. The molecule has 5 rings (SSSR count). The first-order valence-electron chi connectivity index (χ1n) is 12.6. The van der Waals surface area contributed by atoms with Gasteiger partial charge in [-0.25, -0.2) is 0 Å². The Kier molecular flexibility index (Phi) is 7.04. The second-order valence-corrected chi connectivity index (χ2v) is 9.73. The smallest absolute Gasteiger partial charge is 0.0738 e. The summed E-state index contributed by atoms with van der Waals surface area (Å²) in [6.45, 7) is 6.73. The van der Waals surface area contributed by atoms with Crippen molar-refractivity contribution in [2.75, 3.05) is 31.6 Å². The maximum Gasteiger partial charge on any atom is 0.0738 e. The van der Waals surface area contributed by atoms with Crippen molar-refractivity contribution in [3.8, 4) is 11.3 Å². The zero-order valence-corrected chi connectivity index (χ0v) is 19.7. The molecule has 2 aromatic rings. The molecule has 0 aromatic carbocycles. The summed E-state index contributed by atoms with van der Waals surface area (Å²) in [5, 5.41) is 13.8. The lowest BCUT2D eigenvalue weighted by Crippen LogP contribution is -2.35. The number of morpholine rings is 1. The molecule has 3 heterocycles. The molecule has 1 aliphatic heterocycles. The van der Waals surface area contributed by atoms with Gasteiger partial charge in [0.05, 0.1) is 36.4 Å². The van der Waals surface area contributed by atoms with Crippen molar-refractivity contribution in [3.05, 3.63) is 46.9 Å². The minimum absolute atomic E-state index is 0.151. The summed E-state index contributed by atoms with van der Waals surface area (Å²) in [6, 6.07) is 4.72. The standard InChI is InChI=1S/C27H36N4O2/c1-2-3-19-14-23-26(15-19)29-17-24(27(23)30-21-5-7-22(32)8-6-21)25-9-4-20(16-28-25)18-31-10-12-33-13-11-31/h4,9,14,16-17,21-22,32H,2-3,5-8,10-13,15,18H2,1H3,(H,29,30). The number of ether oxygens (including phenoxy) is 1. The Balaban J connectivity index is 1.42. The molecule has 0 spiro atoms. The van der Waals surface area contributed by atoms with Crippen molar-refractivity contribution in [2.45, 2.75) is 70.6 Å². The van der Waals surface area contributed by atoms with E-state index in [0.29, 0.717) is 6.04 Å². The van der Waals surface area contributed by atoms with Crippen LogP contribution in [0.1, 0.15) is 62.3 Å². The first-order valence-corrected chi connectivity index (χ1v) is 12.6. The molecule has 33 heavy (non-hydrogen) atoms. The van der Waals surface area contributed by atoms with Crippen LogP contribution in [-0.2, 0) is 17.7 Å². The molecule has 0 amide bonds. The lowest BCUT2D eigenvalue weighted by molar-refractivity contribution is 0.0341. The average molecular weight is 449 g/mol. The Morgan fingerprint density at radius 2 is 1.91 bits per heavy atom. The minimum atomic E-state index is -0.151. The Labute approximate surface area is 197 Å². The van der Waals surface area contributed by atoms with Crippen molar-refractivity contribution in [2.24, 2.45) is 0 Å². The monoisotopic (exact) mass is 448 g/mol. The summed E-state index contributed by atoms with van der Waals surface area (Å²) in [4.78, 5) is 12.1. The largest absolute Gasteiger partial charge is 0.393 e. The molecule has 0 atom stereocenters. The Bertz CT molecular complexity index is 974. The van der Waals surface area contributed by atoms with Gasteiger partial charge in [-0.15, -0.1) is 0 Å². The van der Waals surface area contributed by atoms with E-state index in [2.05, 4.69) is 35.3 Å². The number of pyridine rings is 2. The van der Waals surface area contributed by atoms with Gasteiger partial charge in [-0.2, -0.15) is 0 Å². The van der Waals surface area contributed by atoms with Crippen LogP contribution in [0.3, 0.4) is 0 Å². The van der Waals surface area contributed by atoms with Crippen molar-refractivity contribution in [1.29, 1.82) is 0 Å². The van der Waals surface area contributed by atoms with E-state index in [-0.39, 0.29) is 6.10 Å². The van der Waals surface area contributed by atoms with Crippen LogP contribution in [0, 0.1) is 0 Å². The van der Waals surface area contributed by atoms with Gasteiger partial charge in [0.15, 0.2) is 0 Å². The van der Waals surface area contributed by atoms with Gasteiger partial charge in [0.25, 0.3) is 0 Å². The molecule has 0 bridgehead atoms. The van der Waals surface area contributed by atoms with Crippen molar-refractivity contribution in [3.63, 3.8) is 0 Å². The van der Waals surface area contributed by atoms with Crippen molar-refractivity contribution < 1.29 is 9.84 Å². The van der Waals surface area contributed by atoms with E-state index in [9.17, 15) is 5.11 Å². The van der Waals surface area contributed by atoms with Gasteiger partial charge in [-0.3, -0.25) is 14.9 Å². The number of nitrogens with zero attached hydrogens (tertiary/aromatic N) is 3. The second-order valence-electron chi connectivity index (χ2n) is 9.73. The molecule has 176 valence electrons. The predicted molar refractivity (Wildman–Crippen MR) is 132 cm³/mol. The number of aliphatic hydroxyl groups is 1. The third kappa shape index (κ3) is 5.29. The molecule has 6 nitrogen and oxygen atoms in total. The lowest BCUT2D eigenvalue weighted by atomic mass is 9.92. The predicted octanol–water partition coefficient (Wildman–Crippen LogP) is 4.43. The van der Waals surface area contributed by atoms with E-state index in [4.69, 9.17) is 14.7 Å². The molecule has 0 unspecified atom stereocenters. The molecule has 2 fully saturated rings. The topological polar surface area (TPSA) is 70.5 Å². The summed E-state index contributed by atoms with van der Waals surface area (Å²) in [5.74, 6) is 0. The third-order valence-corrected chi connectivity index (χ3v) is 7.17. The molecule has 0 radical (unpaired) electrons. The van der Waals surface area contributed by atoms with Gasteiger partial charge < -0.3 is 15.2 Å². The van der Waals surface area contributed by atoms with E-state index in [1.807, 2.05) is 12.4 Å². The van der Waals surface area contributed by atoms with Gasteiger partial charge >= 0.3 is 0 Å².